The van der Waals surface area contributed by atoms with Crippen molar-refractivity contribution in [3.05, 3.63) is 32.8 Å². The molecule has 0 N–H and O–H groups in total. The highest BCUT2D eigenvalue weighted by Gasteiger charge is 2.21. The monoisotopic (exact) mass is 390 g/mol. The van der Waals surface area contributed by atoms with Gasteiger partial charge in [0.2, 0.25) is 0 Å². The SMILES string of the molecule is CCOC(=O)c1cc(Br)c(Cl)cc1C(=O)OCCCC(C)C. The minimum atomic E-state index is -0.575. The van der Waals surface area contributed by atoms with Crippen LogP contribution in [0.15, 0.2) is 16.6 Å². The number of ether oxygens (including phenoxy) is 2. The number of rotatable bonds is 7. The van der Waals surface area contributed by atoms with E-state index < -0.39 is 11.9 Å². The van der Waals surface area contributed by atoms with Crippen LogP contribution in [-0.4, -0.2) is 25.2 Å². The lowest BCUT2D eigenvalue weighted by atomic mass is 10.1. The van der Waals surface area contributed by atoms with E-state index in [-0.39, 0.29) is 17.7 Å². The van der Waals surface area contributed by atoms with Crippen molar-refractivity contribution in [3.63, 3.8) is 0 Å². The van der Waals surface area contributed by atoms with Gasteiger partial charge in [0.25, 0.3) is 0 Å². The van der Waals surface area contributed by atoms with E-state index in [2.05, 4.69) is 29.8 Å². The smallest absolute Gasteiger partial charge is 0.339 e. The summed E-state index contributed by atoms with van der Waals surface area (Å²) < 4.78 is 10.7. The fourth-order valence-electron chi connectivity index (χ4n) is 1.83. The summed E-state index contributed by atoms with van der Waals surface area (Å²) in [4.78, 5) is 24.1. The fraction of sp³-hybridized carbons (Fsp3) is 0.500. The van der Waals surface area contributed by atoms with Crippen molar-refractivity contribution in [1.82, 2.24) is 0 Å². The van der Waals surface area contributed by atoms with E-state index in [1.165, 1.54) is 12.1 Å². The van der Waals surface area contributed by atoms with Gasteiger partial charge in [-0.15, -0.1) is 0 Å². The van der Waals surface area contributed by atoms with Gasteiger partial charge >= 0.3 is 11.9 Å². The van der Waals surface area contributed by atoms with Gasteiger partial charge in [0.15, 0.2) is 0 Å². The molecule has 0 spiro atoms. The van der Waals surface area contributed by atoms with Gasteiger partial charge in [-0.05, 0) is 53.7 Å². The van der Waals surface area contributed by atoms with Crippen LogP contribution < -0.4 is 0 Å². The van der Waals surface area contributed by atoms with Gasteiger partial charge in [-0.3, -0.25) is 0 Å². The molecule has 0 aliphatic carbocycles. The molecule has 1 aromatic rings. The zero-order valence-electron chi connectivity index (χ0n) is 12.9. The van der Waals surface area contributed by atoms with Gasteiger partial charge < -0.3 is 9.47 Å². The summed E-state index contributed by atoms with van der Waals surface area (Å²) in [6.07, 6.45) is 1.75. The molecule has 6 heteroatoms. The summed E-state index contributed by atoms with van der Waals surface area (Å²) in [7, 11) is 0. The molecule has 1 aromatic carbocycles. The summed E-state index contributed by atoms with van der Waals surface area (Å²) in [6, 6.07) is 2.90. The van der Waals surface area contributed by atoms with Crippen molar-refractivity contribution in [2.75, 3.05) is 13.2 Å². The summed E-state index contributed by atoms with van der Waals surface area (Å²) in [6.45, 7) is 6.45. The van der Waals surface area contributed by atoms with E-state index in [1.807, 2.05) is 0 Å². The lowest BCUT2D eigenvalue weighted by Gasteiger charge is -2.11. The van der Waals surface area contributed by atoms with Gasteiger partial charge in [-0.1, -0.05) is 25.4 Å². The van der Waals surface area contributed by atoms with Crippen molar-refractivity contribution < 1.29 is 19.1 Å². The van der Waals surface area contributed by atoms with E-state index in [0.29, 0.717) is 22.0 Å². The van der Waals surface area contributed by atoms with Crippen LogP contribution in [0.1, 0.15) is 54.3 Å². The van der Waals surface area contributed by atoms with Crippen LogP contribution in [0, 0.1) is 5.92 Å². The van der Waals surface area contributed by atoms with Crippen LogP contribution in [-0.2, 0) is 9.47 Å². The maximum absolute atomic E-state index is 12.2. The second-order valence-electron chi connectivity index (χ2n) is 5.20. The maximum Gasteiger partial charge on any atom is 0.339 e. The number of hydrogen-bond acceptors (Lipinski definition) is 4. The van der Waals surface area contributed by atoms with Crippen molar-refractivity contribution in [2.24, 2.45) is 5.92 Å². The van der Waals surface area contributed by atoms with Crippen molar-refractivity contribution in [3.8, 4) is 0 Å². The Hall–Kier alpha value is -1.07. The predicted molar refractivity (Wildman–Crippen MR) is 89.5 cm³/mol. The number of carbonyl (C=O) groups is 2. The number of halogens is 2. The van der Waals surface area contributed by atoms with E-state index in [9.17, 15) is 9.59 Å². The molecule has 0 aromatic heterocycles. The molecule has 22 heavy (non-hydrogen) atoms. The standard InChI is InChI=1S/C16H20BrClO4/c1-4-21-15(19)11-8-13(17)14(18)9-12(11)16(20)22-7-5-6-10(2)3/h8-10H,4-7H2,1-3H3. The molecule has 0 aliphatic rings. The number of benzene rings is 1. The molecule has 0 fully saturated rings. The first-order valence-electron chi connectivity index (χ1n) is 7.20. The fourth-order valence-corrected chi connectivity index (χ4v) is 2.33. The quantitative estimate of drug-likeness (QED) is 0.491. The highest BCUT2D eigenvalue weighted by atomic mass is 79.9. The van der Waals surface area contributed by atoms with Crippen LogP contribution >= 0.6 is 27.5 Å². The third-order valence-electron chi connectivity index (χ3n) is 2.93. The van der Waals surface area contributed by atoms with Crippen LogP contribution in [0.2, 0.25) is 5.02 Å². The molecule has 0 heterocycles. The number of carbonyl (C=O) groups excluding carboxylic acids is 2. The molecule has 0 saturated carbocycles. The second-order valence-corrected chi connectivity index (χ2v) is 6.47. The Labute approximate surface area is 144 Å². The average Bonchev–Trinajstić information content (AvgIpc) is 2.45. The molecule has 0 amide bonds. The van der Waals surface area contributed by atoms with E-state index in [1.54, 1.807) is 6.92 Å². The molecular formula is C16H20BrClO4. The first kappa shape index (κ1) is 19.0. The van der Waals surface area contributed by atoms with Crippen molar-refractivity contribution in [1.29, 1.82) is 0 Å². The van der Waals surface area contributed by atoms with Crippen molar-refractivity contribution >= 4 is 39.5 Å². The zero-order chi connectivity index (χ0) is 16.7. The molecule has 0 bridgehead atoms. The third kappa shape index (κ3) is 5.61. The predicted octanol–water partition coefficient (Wildman–Crippen LogP) is 4.87. The third-order valence-corrected chi connectivity index (χ3v) is 4.13. The maximum atomic E-state index is 12.2. The Kier molecular flexibility index (Phi) is 7.90. The van der Waals surface area contributed by atoms with Gasteiger partial charge in [0.05, 0.1) is 29.4 Å². The molecule has 0 unspecified atom stereocenters. The van der Waals surface area contributed by atoms with Crippen LogP contribution in [0.5, 0.6) is 0 Å². The topological polar surface area (TPSA) is 52.6 Å². The van der Waals surface area contributed by atoms with Gasteiger partial charge in [0, 0.05) is 4.47 Å². The highest BCUT2D eigenvalue weighted by Crippen LogP contribution is 2.27. The summed E-state index contributed by atoms with van der Waals surface area (Å²) in [5.41, 5.74) is 0.267. The largest absolute Gasteiger partial charge is 0.462 e. The Morgan fingerprint density at radius 1 is 1.18 bits per heavy atom. The lowest BCUT2D eigenvalue weighted by molar-refractivity contribution is 0.0460. The van der Waals surface area contributed by atoms with Gasteiger partial charge in [0.1, 0.15) is 0 Å². The Morgan fingerprint density at radius 2 is 1.77 bits per heavy atom. The number of esters is 2. The molecule has 1 rings (SSSR count). The summed E-state index contributed by atoms with van der Waals surface area (Å²) in [5.74, 6) is -0.592. The molecule has 0 aliphatic heterocycles. The highest BCUT2D eigenvalue weighted by molar-refractivity contribution is 9.10. The summed E-state index contributed by atoms with van der Waals surface area (Å²) >= 11 is 9.24. The molecular weight excluding hydrogens is 372 g/mol. The minimum absolute atomic E-state index is 0.121. The molecule has 122 valence electrons. The van der Waals surface area contributed by atoms with Crippen LogP contribution in [0.3, 0.4) is 0 Å². The van der Waals surface area contributed by atoms with Crippen LogP contribution in [0.25, 0.3) is 0 Å². The zero-order valence-corrected chi connectivity index (χ0v) is 15.3. The minimum Gasteiger partial charge on any atom is -0.462 e. The molecule has 0 atom stereocenters. The lowest BCUT2D eigenvalue weighted by Crippen LogP contribution is -2.15. The Morgan fingerprint density at radius 3 is 2.36 bits per heavy atom. The van der Waals surface area contributed by atoms with E-state index in [4.69, 9.17) is 21.1 Å². The average molecular weight is 392 g/mol. The van der Waals surface area contributed by atoms with Crippen LogP contribution in [0.4, 0.5) is 0 Å². The molecule has 0 radical (unpaired) electrons. The van der Waals surface area contributed by atoms with E-state index >= 15 is 0 Å². The molecule has 0 saturated heterocycles. The normalized spacial score (nSPS) is 10.6. The summed E-state index contributed by atoms with van der Waals surface area (Å²) in [5, 5.41) is 0.335. The number of hydrogen-bond donors (Lipinski definition) is 0. The Balaban J connectivity index is 2.89. The first-order chi connectivity index (χ1) is 10.4. The first-order valence-corrected chi connectivity index (χ1v) is 8.37. The molecule has 4 nitrogen and oxygen atoms in total. The van der Waals surface area contributed by atoms with E-state index in [0.717, 1.165) is 12.8 Å². The van der Waals surface area contributed by atoms with Gasteiger partial charge in [-0.25, -0.2) is 9.59 Å². The van der Waals surface area contributed by atoms with Crippen molar-refractivity contribution in [2.45, 2.75) is 33.6 Å². The van der Waals surface area contributed by atoms with Gasteiger partial charge in [-0.2, -0.15) is 0 Å². The second kappa shape index (κ2) is 9.16. The Bertz CT molecular complexity index is 543.